The Kier molecular flexibility index (Phi) is 4.05. The fraction of sp³-hybridized carbons (Fsp3) is 0.276. The summed E-state index contributed by atoms with van der Waals surface area (Å²) in [5.41, 5.74) is 1.79. The highest BCUT2D eigenvalue weighted by Gasteiger charge is 2.81. The molecule has 0 radical (unpaired) electrons. The Morgan fingerprint density at radius 3 is 2.46 bits per heavy atom. The van der Waals surface area contributed by atoms with Gasteiger partial charge >= 0.3 is 0 Å². The number of hydrogen-bond acceptors (Lipinski definition) is 4. The van der Waals surface area contributed by atoms with Crippen LogP contribution in [-0.4, -0.2) is 35.1 Å². The van der Waals surface area contributed by atoms with Gasteiger partial charge in [0.1, 0.15) is 11.0 Å². The SMILES string of the molecule is Cc1cccc2c1NC(=O)[C@]21N2CCC[C@@H]2[C@@H](C(=O)c2ccccc2)[C@]12C(=O)Nc1ccccc12. The number of nitrogens with zero attached hydrogens (tertiary/aromatic N) is 1. The highest BCUT2D eigenvalue weighted by atomic mass is 16.2. The van der Waals surface area contributed by atoms with Gasteiger partial charge in [-0.15, -0.1) is 0 Å². The van der Waals surface area contributed by atoms with Gasteiger partial charge in [0.2, 0.25) is 5.91 Å². The molecule has 2 N–H and O–H groups in total. The van der Waals surface area contributed by atoms with Gasteiger partial charge in [-0.2, -0.15) is 0 Å². The van der Waals surface area contributed by atoms with Gasteiger partial charge in [0.05, 0.1) is 5.92 Å². The predicted octanol–water partition coefficient (Wildman–Crippen LogP) is 4.01. The average molecular weight is 464 g/mol. The lowest BCUT2D eigenvalue weighted by Crippen LogP contribution is -2.62. The molecule has 3 aromatic carbocycles. The molecule has 0 saturated carbocycles. The van der Waals surface area contributed by atoms with E-state index in [1.165, 1.54) is 0 Å². The number of rotatable bonds is 2. The third-order valence-electron chi connectivity index (χ3n) is 8.68. The molecule has 6 nitrogen and oxygen atoms in total. The number of Topliss-reactive ketones (excluding diaryl/α,β-unsaturated/α-hetero) is 1. The van der Waals surface area contributed by atoms with Crippen molar-refractivity contribution in [2.75, 3.05) is 17.2 Å². The third-order valence-corrected chi connectivity index (χ3v) is 8.68. The Balaban J connectivity index is 1.61. The van der Waals surface area contributed by atoms with E-state index in [1.54, 1.807) is 0 Å². The number of aryl methyl sites for hydroxylation is 1. The molecule has 0 bridgehead atoms. The zero-order valence-electron chi connectivity index (χ0n) is 19.4. The summed E-state index contributed by atoms with van der Waals surface area (Å²) in [4.78, 5) is 45.3. The van der Waals surface area contributed by atoms with Crippen LogP contribution in [-0.2, 0) is 20.5 Å². The molecule has 2 amide bonds. The summed E-state index contributed by atoms with van der Waals surface area (Å²) in [6, 6.07) is 22.4. The normalized spacial score (nSPS) is 30.3. The van der Waals surface area contributed by atoms with Gasteiger partial charge in [-0.25, -0.2) is 0 Å². The van der Waals surface area contributed by atoms with Gasteiger partial charge in [0.25, 0.3) is 5.91 Å². The zero-order chi connectivity index (χ0) is 23.9. The van der Waals surface area contributed by atoms with Crippen LogP contribution in [0.3, 0.4) is 0 Å². The standard InChI is InChI=1S/C29H25N3O3/c1-17-9-7-13-20-24(17)31-27(35)29(20)28(19-12-5-6-14-21(19)30-26(28)34)23(22-15-8-16-32(22)29)25(33)18-10-3-2-4-11-18/h2-7,9-14,22-23H,8,15-16H2,1H3,(H,30,34)(H,31,35)/t22-,23+,28-,29-/m1/s1. The molecule has 2 fully saturated rings. The van der Waals surface area contributed by atoms with Gasteiger partial charge in [-0.1, -0.05) is 66.7 Å². The zero-order valence-corrected chi connectivity index (χ0v) is 19.4. The molecule has 7 rings (SSSR count). The number of anilines is 2. The molecule has 2 spiro atoms. The first-order valence-electron chi connectivity index (χ1n) is 12.2. The van der Waals surface area contributed by atoms with E-state index in [9.17, 15) is 14.4 Å². The fourth-order valence-electron chi connectivity index (χ4n) is 7.53. The van der Waals surface area contributed by atoms with E-state index in [4.69, 9.17) is 0 Å². The van der Waals surface area contributed by atoms with E-state index in [-0.39, 0.29) is 23.6 Å². The summed E-state index contributed by atoms with van der Waals surface area (Å²) < 4.78 is 0. The Hall–Kier alpha value is -3.77. The first kappa shape index (κ1) is 20.6. The molecular weight excluding hydrogens is 438 g/mol. The number of hydrogen-bond donors (Lipinski definition) is 2. The largest absolute Gasteiger partial charge is 0.325 e. The van der Waals surface area contributed by atoms with Crippen molar-refractivity contribution in [3.05, 3.63) is 95.1 Å². The van der Waals surface area contributed by atoms with Crippen molar-refractivity contribution in [1.82, 2.24) is 4.90 Å². The van der Waals surface area contributed by atoms with Crippen molar-refractivity contribution >= 4 is 29.0 Å². The molecule has 4 atom stereocenters. The number of amides is 2. The quantitative estimate of drug-likeness (QED) is 0.563. The monoisotopic (exact) mass is 463 g/mol. The van der Waals surface area contributed by atoms with Crippen LogP contribution in [0.4, 0.5) is 11.4 Å². The van der Waals surface area contributed by atoms with Crippen LogP contribution in [0.15, 0.2) is 72.8 Å². The molecule has 4 aliphatic heterocycles. The first-order chi connectivity index (χ1) is 17.0. The number of ketones is 1. The number of benzene rings is 3. The van der Waals surface area contributed by atoms with Crippen LogP contribution in [0.5, 0.6) is 0 Å². The maximum absolute atomic E-state index is 14.4. The maximum atomic E-state index is 14.4. The highest BCUT2D eigenvalue weighted by Crippen LogP contribution is 2.68. The van der Waals surface area contributed by atoms with E-state index in [1.807, 2.05) is 79.7 Å². The first-order valence-corrected chi connectivity index (χ1v) is 12.2. The lowest BCUT2D eigenvalue weighted by atomic mass is 9.57. The van der Waals surface area contributed by atoms with Gasteiger partial charge in [-0.3, -0.25) is 19.3 Å². The minimum Gasteiger partial charge on any atom is -0.325 e. The maximum Gasteiger partial charge on any atom is 0.251 e. The van der Waals surface area contributed by atoms with Crippen LogP contribution >= 0.6 is 0 Å². The second kappa shape index (κ2) is 6.89. The van der Waals surface area contributed by atoms with E-state index >= 15 is 0 Å². The minimum atomic E-state index is -1.38. The third kappa shape index (κ3) is 2.22. The fourth-order valence-corrected chi connectivity index (χ4v) is 7.53. The number of carbonyl (C=O) groups is 3. The Morgan fingerprint density at radius 1 is 0.886 bits per heavy atom. The summed E-state index contributed by atoms with van der Waals surface area (Å²) >= 11 is 0. The molecule has 3 aromatic rings. The van der Waals surface area contributed by atoms with Gasteiger partial charge in [0.15, 0.2) is 5.78 Å². The van der Waals surface area contributed by atoms with Crippen molar-refractivity contribution in [3.63, 3.8) is 0 Å². The number of carbonyl (C=O) groups excluding carboxylic acids is 3. The van der Waals surface area contributed by atoms with Crippen molar-refractivity contribution in [3.8, 4) is 0 Å². The predicted molar refractivity (Wildman–Crippen MR) is 132 cm³/mol. The summed E-state index contributed by atoms with van der Waals surface area (Å²) in [6.45, 7) is 2.62. The minimum absolute atomic E-state index is 0.0832. The van der Waals surface area contributed by atoms with Gasteiger partial charge in [-0.05, 0) is 43.5 Å². The van der Waals surface area contributed by atoms with E-state index in [0.29, 0.717) is 17.8 Å². The number of para-hydroxylation sites is 2. The number of nitrogens with one attached hydrogen (secondary N) is 2. The Morgan fingerprint density at radius 2 is 1.63 bits per heavy atom. The molecule has 0 unspecified atom stereocenters. The van der Waals surface area contributed by atoms with Crippen LogP contribution in [0.2, 0.25) is 0 Å². The average Bonchev–Trinajstić information content (AvgIpc) is 3.59. The van der Waals surface area contributed by atoms with E-state index in [0.717, 1.165) is 35.2 Å². The molecule has 35 heavy (non-hydrogen) atoms. The molecule has 4 aliphatic rings. The molecule has 0 aromatic heterocycles. The van der Waals surface area contributed by atoms with Crippen molar-refractivity contribution in [2.45, 2.75) is 36.8 Å². The molecular formula is C29H25N3O3. The molecule has 0 aliphatic carbocycles. The summed E-state index contributed by atoms with van der Waals surface area (Å²) in [6.07, 6.45) is 1.63. The summed E-state index contributed by atoms with van der Waals surface area (Å²) in [7, 11) is 0. The van der Waals surface area contributed by atoms with Crippen molar-refractivity contribution in [1.29, 1.82) is 0 Å². The second-order valence-electron chi connectivity index (χ2n) is 10.1. The van der Waals surface area contributed by atoms with Crippen LogP contribution < -0.4 is 10.6 Å². The van der Waals surface area contributed by atoms with Crippen molar-refractivity contribution < 1.29 is 14.4 Å². The lowest BCUT2D eigenvalue weighted by Gasteiger charge is -2.43. The molecule has 174 valence electrons. The van der Waals surface area contributed by atoms with Gasteiger partial charge < -0.3 is 10.6 Å². The Bertz CT molecular complexity index is 1430. The summed E-state index contributed by atoms with van der Waals surface area (Å²) in [5.74, 6) is -1.27. The van der Waals surface area contributed by atoms with Crippen LogP contribution in [0.1, 0.15) is 39.9 Å². The van der Waals surface area contributed by atoms with E-state index < -0.39 is 16.9 Å². The smallest absolute Gasteiger partial charge is 0.251 e. The topological polar surface area (TPSA) is 78.5 Å². The van der Waals surface area contributed by atoms with Crippen LogP contribution in [0, 0.1) is 12.8 Å². The van der Waals surface area contributed by atoms with E-state index in [2.05, 4.69) is 15.5 Å². The summed E-state index contributed by atoms with van der Waals surface area (Å²) in [5, 5.41) is 6.22. The molecule has 6 heteroatoms. The van der Waals surface area contributed by atoms with Crippen LogP contribution in [0.25, 0.3) is 0 Å². The highest BCUT2D eigenvalue weighted by molar-refractivity contribution is 6.21. The Labute approximate surface area is 203 Å². The lowest BCUT2D eigenvalue weighted by molar-refractivity contribution is -0.137. The molecule has 2 saturated heterocycles. The van der Waals surface area contributed by atoms with Gasteiger partial charge in [0, 0.05) is 28.5 Å². The second-order valence-corrected chi connectivity index (χ2v) is 10.1. The molecule has 4 heterocycles. The van der Waals surface area contributed by atoms with Crippen molar-refractivity contribution in [2.24, 2.45) is 5.92 Å². The number of fused-ring (bicyclic) bond motifs is 7.